The minimum atomic E-state index is -0.277. The third kappa shape index (κ3) is 5.69. The van der Waals surface area contributed by atoms with Crippen LogP contribution in [0.25, 0.3) is 0 Å². The van der Waals surface area contributed by atoms with Gasteiger partial charge in [-0.25, -0.2) is 0 Å². The number of amides is 1. The molecule has 0 aliphatic rings. The van der Waals surface area contributed by atoms with E-state index in [9.17, 15) is 9.90 Å². The van der Waals surface area contributed by atoms with Crippen LogP contribution in [0.15, 0.2) is 6.20 Å². The molecule has 20 heavy (non-hydrogen) atoms. The fourth-order valence-electron chi connectivity index (χ4n) is 1.91. The van der Waals surface area contributed by atoms with Crippen LogP contribution in [0.4, 0.5) is 0 Å². The lowest BCUT2D eigenvalue weighted by Crippen LogP contribution is -2.38. The van der Waals surface area contributed by atoms with Crippen molar-refractivity contribution in [3.63, 3.8) is 0 Å². The van der Waals surface area contributed by atoms with Gasteiger partial charge in [-0.2, -0.15) is 0 Å². The molecule has 0 spiro atoms. The number of nitrogens with zero attached hydrogens (tertiary/aromatic N) is 3. The molecule has 1 amide bonds. The maximum atomic E-state index is 12.0. The number of carbonyl (C=O) groups is 1. The van der Waals surface area contributed by atoms with E-state index in [4.69, 9.17) is 0 Å². The number of rotatable bonds is 8. The van der Waals surface area contributed by atoms with E-state index in [2.05, 4.69) is 43.3 Å². The lowest BCUT2D eigenvalue weighted by atomic mass is 10.0. The first kappa shape index (κ1) is 16.6. The lowest BCUT2D eigenvalue weighted by molar-refractivity contribution is 0.0903. The molecule has 1 aromatic rings. The molecule has 114 valence electrons. The lowest BCUT2D eigenvalue weighted by Gasteiger charge is -2.17. The van der Waals surface area contributed by atoms with Crippen LogP contribution >= 0.6 is 0 Å². The number of carbonyl (C=O) groups excluding carboxylic acids is 1. The topological polar surface area (TPSA) is 80.0 Å². The molecule has 1 aromatic heterocycles. The number of aromatic nitrogens is 3. The molecule has 0 saturated heterocycles. The third-order valence-electron chi connectivity index (χ3n) is 3.02. The van der Waals surface area contributed by atoms with Gasteiger partial charge in [0.05, 0.1) is 18.8 Å². The van der Waals surface area contributed by atoms with Crippen molar-refractivity contribution in [2.75, 3.05) is 6.61 Å². The fraction of sp³-hybridized carbons (Fsp3) is 0.786. The Hall–Kier alpha value is -1.43. The van der Waals surface area contributed by atoms with Crippen LogP contribution in [-0.2, 0) is 6.54 Å². The summed E-state index contributed by atoms with van der Waals surface area (Å²) in [6.07, 6.45) is 3.39. The molecule has 0 aromatic carbocycles. The molecule has 1 atom stereocenters. The second-order valence-electron chi connectivity index (χ2n) is 6.03. The van der Waals surface area contributed by atoms with Gasteiger partial charge >= 0.3 is 0 Å². The third-order valence-corrected chi connectivity index (χ3v) is 3.02. The smallest absolute Gasteiger partial charge is 0.273 e. The van der Waals surface area contributed by atoms with Crippen molar-refractivity contribution in [1.29, 1.82) is 0 Å². The van der Waals surface area contributed by atoms with Crippen molar-refractivity contribution in [2.45, 2.75) is 53.1 Å². The molecule has 1 rings (SSSR count). The average Bonchev–Trinajstić information content (AvgIpc) is 2.83. The highest BCUT2D eigenvalue weighted by Crippen LogP contribution is 2.06. The van der Waals surface area contributed by atoms with Gasteiger partial charge in [-0.1, -0.05) is 32.9 Å². The molecule has 6 heteroatoms. The molecule has 0 aliphatic heterocycles. The first-order valence-corrected chi connectivity index (χ1v) is 7.24. The zero-order chi connectivity index (χ0) is 15.1. The van der Waals surface area contributed by atoms with E-state index in [1.807, 2.05) is 0 Å². The molecular weight excluding hydrogens is 256 g/mol. The van der Waals surface area contributed by atoms with Crippen LogP contribution in [0.1, 0.15) is 51.0 Å². The minimum Gasteiger partial charge on any atom is -0.394 e. The van der Waals surface area contributed by atoms with E-state index in [1.54, 1.807) is 10.9 Å². The van der Waals surface area contributed by atoms with Crippen molar-refractivity contribution < 1.29 is 9.90 Å². The second-order valence-corrected chi connectivity index (χ2v) is 6.03. The van der Waals surface area contributed by atoms with Crippen molar-refractivity contribution in [1.82, 2.24) is 20.3 Å². The van der Waals surface area contributed by atoms with Gasteiger partial charge in [-0.05, 0) is 24.7 Å². The maximum absolute atomic E-state index is 12.0. The molecule has 0 fully saturated rings. The summed E-state index contributed by atoms with van der Waals surface area (Å²) in [7, 11) is 0. The van der Waals surface area contributed by atoms with Gasteiger partial charge < -0.3 is 10.4 Å². The summed E-state index contributed by atoms with van der Waals surface area (Å²) in [6, 6.07) is -0.233. The minimum absolute atomic E-state index is 0.0641. The summed E-state index contributed by atoms with van der Waals surface area (Å²) >= 11 is 0. The van der Waals surface area contributed by atoms with E-state index >= 15 is 0 Å². The quantitative estimate of drug-likeness (QED) is 0.756. The SMILES string of the molecule is CC(C)CCn1cc(C(=O)NC(CO)CC(C)C)nn1. The Morgan fingerprint density at radius 3 is 2.60 bits per heavy atom. The van der Waals surface area contributed by atoms with Crippen LogP contribution < -0.4 is 5.32 Å². The van der Waals surface area contributed by atoms with Gasteiger partial charge in [0, 0.05) is 6.54 Å². The Kier molecular flexibility index (Phi) is 6.64. The van der Waals surface area contributed by atoms with Crippen molar-refractivity contribution in [3.05, 3.63) is 11.9 Å². The normalized spacial score (nSPS) is 12.9. The first-order chi connectivity index (χ1) is 9.42. The number of aryl methyl sites for hydroxylation is 1. The van der Waals surface area contributed by atoms with Crippen LogP contribution in [-0.4, -0.2) is 38.7 Å². The van der Waals surface area contributed by atoms with Gasteiger partial charge in [-0.3, -0.25) is 9.48 Å². The number of aliphatic hydroxyl groups is 1. The zero-order valence-corrected chi connectivity index (χ0v) is 12.8. The van der Waals surface area contributed by atoms with Crippen LogP contribution in [0.5, 0.6) is 0 Å². The van der Waals surface area contributed by atoms with E-state index < -0.39 is 0 Å². The summed E-state index contributed by atoms with van der Waals surface area (Å²) in [6.45, 7) is 9.08. The van der Waals surface area contributed by atoms with Crippen molar-refractivity contribution >= 4 is 5.91 Å². The van der Waals surface area contributed by atoms with Gasteiger partial charge in [0.25, 0.3) is 5.91 Å². The number of aliphatic hydroxyl groups excluding tert-OH is 1. The molecule has 1 unspecified atom stereocenters. The fourth-order valence-corrected chi connectivity index (χ4v) is 1.91. The van der Waals surface area contributed by atoms with Crippen molar-refractivity contribution in [2.24, 2.45) is 11.8 Å². The Morgan fingerprint density at radius 1 is 1.35 bits per heavy atom. The van der Waals surface area contributed by atoms with Crippen LogP contribution in [0.3, 0.4) is 0 Å². The first-order valence-electron chi connectivity index (χ1n) is 7.24. The largest absolute Gasteiger partial charge is 0.394 e. The summed E-state index contributed by atoms with van der Waals surface area (Å²) < 4.78 is 1.69. The van der Waals surface area contributed by atoms with Crippen LogP contribution in [0.2, 0.25) is 0 Å². The zero-order valence-electron chi connectivity index (χ0n) is 12.8. The summed E-state index contributed by atoms with van der Waals surface area (Å²) in [5, 5.41) is 19.9. The monoisotopic (exact) mass is 282 g/mol. The molecule has 0 saturated carbocycles. The predicted molar refractivity (Wildman–Crippen MR) is 77.3 cm³/mol. The highest BCUT2D eigenvalue weighted by molar-refractivity contribution is 5.92. The Labute approximate surface area is 120 Å². The van der Waals surface area contributed by atoms with E-state index in [-0.39, 0.29) is 18.6 Å². The second kappa shape index (κ2) is 7.99. The Bertz CT molecular complexity index is 415. The highest BCUT2D eigenvalue weighted by atomic mass is 16.3. The van der Waals surface area contributed by atoms with Crippen molar-refractivity contribution in [3.8, 4) is 0 Å². The van der Waals surface area contributed by atoms with Gasteiger partial charge in [-0.15, -0.1) is 5.10 Å². The maximum Gasteiger partial charge on any atom is 0.273 e. The predicted octanol–water partition coefficient (Wildman–Crippen LogP) is 1.46. The Morgan fingerprint density at radius 2 is 2.05 bits per heavy atom. The average molecular weight is 282 g/mol. The number of nitrogens with one attached hydrogen (secondary N) is 1. The van der Waals surface area contributed by atoms with E-state index in [0.717, 1.165) is 19.4 Å². The van der Waals surface area contributed by atoms with Gasteiger partial charge in [0.1, 0.15) is 0 Å². The molecule has 2 N–H and O–H groups in total. The standard InChI is InChI=1S/C14H26N4O2/c1-10(2)5-6-18-8-13(16-17-18)14(20)15-12(9-19)7-11(3)4/h8,10-12,19H,5-7,9H2,1-4H3,(H,15,20). The molecule has 0 aliphatic carbocycles. The summed E-state index contributed by atoms with van der Waals surface area (Å²) in [4.78, 5) is 12.0. The summed E-state index contributed by atoms with van der Waals surface area (Å²) in [5.41, 5.74) is 0.302. The van der Waals surface area contributed by atoms with E-state index in [0.29, 0.717) is 17.5 Å². The highest BCUT2D eigenvalue weighted by Gasteiger charge is 2.16. The van der Waals surface area contributed by atoms with Gasteiger partial charge in [0.15, 0.2) is 5.69 Å². The van der Waals surface area contributed by atoms with Crippen LogP contribution in [0, 0.1) is 11.8 Å². The Balaban J connectivity index is 2.54. The summed E-state index contributed by atoms with van der Waals surface area (Å²) in [5.74, 6) is 0.718. The number of hydrogen-bond acceptors (Lipinski definition) is 4. The van der Waals surface area contributed by atoms with Gasteiger partial charge in [0.2, 0.25) is 0 Å². The number of hydrogen-bond donors (Lipinski definition) is 2. The molecule has 0 radical (unpaired) electrons. The molecule has 0 bridgehead atoms. The van der Waals surface area contributed by atoms with E-state index in [1.165, 1.54) is 0 Å². The molecule has 6 nitrogen and oxygen atoms in total. The molecule has 1 heterocycles. The molecular formula is C14H26N4O2.